The van der Waals surface area contributed by atoms with Gasteiger partial charge in [-0.25, -0.2) is 9.59 Å². The second-order valence-electron chi connectivity index (χ2n) is 3.70. The summed E-state index contributed by atoms with van der Waals surface area (Å²) < 4.78 is 14.6. The average molecular weight is 265 g/mol. The number of esters is 2. The number of nitrogens with one attached hydrogen (secondary N) is 1. The van der Waals surface area contributed by atoms with Crippen LogP contribution in [0, 0.1) is 0 Å². The van der Waals surface area contributed by atoms with E-state index in [0.29, 0.717) is 12.0 Å². The van der Waals surface area contributed by atoms with Crippen molar-refractivity contribution in [3.05, 3.63) is 28.8 Å². The van der Waals surface area contributed by atoms with Crippen LogP contribution < -0.4 is 10.1 Å². The number of amides is 1. The number of hydrogen-bond donors (Lipinski definition) is 1. The maximum absolute atomic E-state index is 11.7. The highest BCUT2D eigenvalue weighted by atomic mass is 16.6. The SMILES string of the molecule is COC(=O)c1cc(OC)c2c(c1)C(NC=O)OC2=O. The molecule has 1 aliphatic rings. The van der Waals surface area contributed by atoms with Crippen LogP contribution in [-0.4, -0.2) is 32.6 Å². The van der Waals surface area contributed by atoms with Gasteiger partial charge in [-0.1, -0.05) is 0 Å². The zero-order valence-electron chi connectivity index (χ0n) is 10.3. The van der Waals surface area contributed by atoms with E-state index in [0.717, 1.165) is 0 Å². The lowest BCUT2D eigenvalue weighted by atomic mass is 10.0. The second-order valence-corrected chi connectivity index (χ2v) is 3.70. The van der Waals surface area contributed by atoms with Gasteiger partial charge in [0.25, 0.3) is 0 Å². The molecule has 0 bridgehead atoms. The first-order valence-electron chi connectivity index (χ1n) is 5.33. The summed E-state index contributed by atoms with van der Waals surface area (Å²) in [4.78, 5) is 33.7. The predicted octanol–water partition coefficient (Wildman–Crippen LogP) is 0.397. The third-order valence-electron chi connectivity index (χ3n) is 2.70. The fourth-order valence-electron chi connectivity index (χ4n) is 1.87. The molecule has 1 aromatic carbocycles. The fourth-order valence-corrected chi connectivity index (χ4v) is 1.87. The van der Waals surface area contributed by atoms with Crippen LogP contribution in [0.25, 0.3) is 0 Å². The Morgan fingerprint density at radius 2 is 2.16 bits per heavy atom. The largest absolute Gasteiger partial charge is 0.496 e. The number of hydrogen-bond acceptors (Lipinski definition) is 6. The van der Waals surface area contributed by atoms with Gasteiger partial charge in [-0.15, -0.1) is 0 Å². The molecule has 1 aliphatic heterocycles. The Bertz CT molecular complexity index is 553. The molecule has 0 saturated heterocycles. The lowest BCUT2D eigenvalue weighted by Gasteiger charge is -2.10. The molecule has 1 atom stereocenters. The van der Waals surface area contributed by atoms with Gasteiger partial charge in [0, 0.05) is 5.56 Å². The molecule has 0 saturated carbocycles. The van der Waals surface area contributed by atoms with Crippen molar-refractivity contribution >= 4 is 18.3 Å². The smallest absolute Gasteiger partial charge is 0.344 e. The summed E-state index contributed by atoms with van der Waals surface area (Å²) in [6.45, 7) is 0. The van der Waals surface area contributed by atoms with Crippen LogP contribution in [0.5, 0.6) is 5.75 Å². The summed E-state index contributed by atoms with van der Waals surface area (Å²) in [6.07, 6.45) is -0.525. The van der Waals surface area contributed by atoms with Crippen LogP contribution in [-0.2, 0) is 14.3 Å². The van der Waals surface area contributed by atoms with Gasteiger partial charge >= 0.3 is 11.9 Å². The van der Waals surface area contributed by atoms with Crippen LogP contribution >= 0.6 is 0 Å². The monoisotopic (exact) mass is 265 g/mol. The van der Waals surface area contributed by atoms with Crippen molar-refractivity contribution < 1.29 is 28.6 Å². The summed E-state index contributed by atoms with van der Waals surface area (Å²) in [5.74, 6) is -1.01. The number of benzene rings is 1. The van der Waals surface area contributed by atoms with E-state index in [1.54, 1.807) is 0 Å². The van der Waals surface area contributed by atoms with Crippen LogP contribution in [0.1, 0.15) is 32.5 Å². The highest BCUT2D eigenvalue weighted by molar-refractivity contribution is 6.00. The van der Waals surface area contributed by atoms with Crippen molar-refractivity contribution in [2.24, 2.45) is 0 Å². The maximum atomic E-state index is 11.7. The van der Waals surface area contributed by atoms with Crippen LogP contribution in [0.4, 0.5) is 0 Å². The highest BCUT2D eigenvalue weighted by Gasteiger charge is 2.35. The zero-order valence-corrected chi connectivity index (χ0v) is 10.3. The molecule has 19 heavy (non-hydrogen) atoms. The minimum atomic E-state index is -0.932. The summed E-state index contributed by atoms with van der Waals surface area (Å²) in [7, 11) is 2.61. The van der Waals surface area contributed by atoms with Gasteiger partial charge in [-0.05, 0) is 12.1 Å². The first-order valence-corrected chi connectivity index (χ1v) is 5.33. The molecule has 1 amide bonds. The van der Waals surface area contributed by atoms with Crippen molar-refractivity contribution in [2.45, 2.75) is 6.23 Å². The molecule has 0 fully saturated rings. The van der Waals surface area contributed by atoms with E-state index in [4.69, 9.17) is 9.47 Å². The summed E-state index contributed by atoms with van der Waals surface area (Å²) >= 11 is 0. The minimum Gasteiger partial charge on any atom is -0.496 e. The number of carbonyl (C=O) groups is 3. The Kier molecular flexibility index (Phi) is 3.37. The lowest BCUT2D eigenvalue weighted by Crippen LogP contribution is -2.19. The molecule has 7 nitrogen and oxygen atoms in total. The number of ether oxygens (including phenoxy) is 3. The predicted molar refractivity (Wildman–Crippen MR) is 61.7 cm³/mol. The van der Waals surface area contributed by atoms with Crippen molar-refractivity contribution in [3.8, 4) is 5.75 Å². The molecular weight excluding hydrogens is 254 g/mol. The quantitative estimate of drug-likeness (QED) is 0.625. The molecule has 1 aromatic rings. The van der Waals surface area contributed by atoms with Gasteiger partial charge in [-0.3, -0.25) is 4.79 Å². The van der Waals surface area contributed by atoms with E-state index in [9.17, 15) is 14.4 Å². The molecule has 0 radical (unpaired) electrons. The maximum Gasteiger partial charge on any atom is 0.344 e. The number of carbonyl (C=O) groups excluding carboxylic acids is 3. The summed E-state index contributed by atoms with van der Waals surface area (Å²) in [5, 5.41) is 2.34. The number of cyclic esters (lactones) is 1. The average Bonchev–Trinajstić information content (AvgIpc) is 2.74. The number of rotatable bonds is 4. The lowest BCUT2D eigenvalue weighted by molar-refractivity contribution is -0.112. The minimum absolute atomic E-state index is 0.189. The van der Waals surface area contributed by atoms with Crippen molar-refractivity contribution in [2.75, 3.05) is 14.2 Å². The Balaban J connectivity index is 2.57. The van der Waals surface area contributed by atoms with Gasteiger partial charge < -0.3 is 19.5 Å². The van der Waals surface area contributed by atoms with E-state index in [2.05, 4.69) is 10.1 Å². The van der Waals surface area contributed by atoms with E-state index < -0.39 is 18.2 Å². The van der Waals surface area contributed by atoms with Crippen LogP contribution in [0.2, 0.25) is 0 Å². The van der Waals surface area contributed by atoms with Gasteiger partial charge in [-0.2, -0.15) is 0 Å². The van der Waals surface area contributed by atoms with E-state index in [-0.39, 0.29) is 16.9 Å². The zero-order chi connectivity index (χ0) is 14.0. The third kappa shape index (κ3) is 2.10. The summed E-state index contributed by atoms with van der Waals surface area (Å²) in [6, 6.07) is 2.81. The number of fused-ring (bicyclic) bond motifs is 1. The Morgan fingerprint density at radius 1 is 1.42 bits per heavy atom. The van der Waals surface area contributed by atoms with Crippen molar-refractivity contribution in [3.63, 3.8) is 0 Å². The molecule has 7 heteroatoms. The Labute approximate surface area is 108 Å². The van der Waals surface area contributed by atoms with Crippen molar-refractivity contribution in [1.29, 1.82) is 0 Å². The topological polar surface area (TPSA) is 90.9 Å². The van der Waals surface area contributed by atoms with Crippen molar-refractivity contribution in [1.82, 2.24) is 5.32 Å². The molecule has 2 rings (SSSR count). The molecule has 0 spiro atoms. The normalized spacial score (nSPS) is 16.3. The van der Waals surface area contributed by atoms with Gasteiger partial charge in [0.05, 0.1) is 19.8 Å². The van der Waals surface area contributed by atoms with Gasteiger partial charge in [0.2, 0.25) is 12.6 Å². The van der Waals surface area contributed by atoms with Gasteiger partial charge in [0.1, 0.15) is 11.3 Å². The second kappa shape index (κ2) is 4.97. The van der Waals surface area contributed by atoms with E-state index >= 15 is 0 Å². The third-order valence-corrected chi connectivity index (χ3v) is 2.70. The highest BCUT2D eigenvalue weighted by Crippen LogP contribution is 2.36. The molecule has 1 heterocycles. The fraction of sp³-hybridized carbons (Fsp3) is 0.250. The molecule has 0 aromatic heterocycles. The van der Waals surface area contributed by atoms with Crippen LogP contribution in [0.15, 0.2) is 12.1 Å². The van der Waals surface area contributed by atoms with Gasteiger partial charge in [0.15, 0.2) is 0 Å². The number of methoxy groups -OCH3 is 2. The first-order chi connectivity index (χ1) is 9.12. The van der Waals surface area contributed by atoms with Crippen LogP contribution in [0.3, 0.4) is 0 Å². The standard InChI is InChI=1S/C12H11NO6/c1-17-8-4-6(11(15)18-2)3-7-9(8)12(16)19-10(7)13-5-14/h3-5,10H,1-2H3,(H,13,14). The molecule has 0 aliphatic carbocycles. The Morgan fingerprint density at radius 3 is 2.74 bits per heavy atom. The molecular formula is C12H11NO6. The van der Waals surface area contributed by atoms with E-state index in [1.165, 1.54) is 26.4 Å². The first kappa shape index (κ1) is 12.9. The molecule has 1 unspecified atom stereocenters. The Hall–Kier alpha value is -2.57. The molecule has 100 valence electrons. The van der Waals surface area contributed by atoms with E-state index in [1.807, 2.05) is 0 Å². The summed E-state index contributed by atoms with van der Waals surface area (Å²) in [5.41, 5.74) is 0.750. The molecule has 1 N–H and O–H groups in total.